The van der Waals surface area contributed by atoms with Crippen LogP contribution in [0.25, 0.3) is 0 Å². The van der Waals surface area contributed by atoms with Gasteiger partial charge in [-0.1, -0.05) is 149 Å². The molecular weight excluding hydrogens is 408 g/mol. The van der Waals surface area contributed by atoms with Crippen molar-refractivity contribution in [3.05, 3.63) is 0 Å². The van der Waals surface area contributed by atoms with Crippen LogP contribution < -0.4 is 0 Å². The van der Waals surface area contributed by atoms with Crippen molar-refractivity contribution in [2.24, 2.45) is 5.92 Å². The van der Waals surface area contributed by atoms with Gasteiger partial charge in [-0.25, -0.2) is 0 Å². The molecule has 3 nitrogen and oxygen atoms in total. The van der Waals surface area contributed by atoms with E-state index in [-0.39, 0.29) is 11.9 Å². The molecule has 0 aromatic rings. The summed E-state index contributed by atoms with van der Waals surface area (Å²) in [6.45, 7) is 6.86. The third kappa shape index (κ3) is 27.3. The van der Waals surface area contributed by atoms with E-state index in [9.17, 15) is 9.59 Å². The highest BCUT2D eigenvalue weighted by molar-refractivity contribution is 5.85. The zero-order valence-corrected chi connectivity index (χ0v) is 22.8. The van der Waals surface area contributed by atoms with Crippen LogP contribution in [0.1, 0.15) is 175 Å². The molecule has 0 aliphatic heterocycles. The molecule has 0 aliphatic rings. The van der Waals surface area contributed by atoms with Crippen LogP contribution in [0.3, 0.4) is 0 Å². The third-order valence-corrected chi connectivity index (χ3v) is 6.62. The fraction of sp³-hybridized carbons (Fsp3) is 0.933. The van der Waals surface area contributed by atoms with Crippen molar-refractivity contribution < 1.29 is 14.3 Å². The molecule has 0 unspecified atom stereocenters. The lowest BCUT2D eigenvalue weighted by molar-refractivity contribution is -0.159. The Balaban J connectivity index is 3.31. The fourth-order valence-corrected chi connectivity index (χ4v) is 4.40. The Morgan fingerprint density at radius 3 is 1.12 bits per heavy atom. The standard InChI is InChI=1S/C30H58O3/c1-4-5-6-7-8-9-10-14-17-20-23-26-29(31)33-30(32)27-24-21-18-15-12-11-13-16-19-22-25-28(2)3/h28H,4-27H2,1-3H3. The summed E-state index contributed by atoms with van der Waals surface area (Å²) < 4.78 is 4.97. The Morgan fingerprint density at radius 2 is 0.788 bits per heavy atom. The first-order valence-electron chi connectivity index (χ1n) is 14.8. The largest absolute Gasteiger partial charge is 0.393 e. The van der Waals surface area contributed by atoms with Crippen LogP contribution in [-0.4, -0.2) is 11.9 Å². The minimum atomic E-state index is -0.329. The maximum absolute atomic E-state index is 11.8. The van der Waals surface area contributed by atoms with E-state index >= 15 is 0 Å². The summed E-state index contributed by atoms with van der Waals surface area (Å²) in [6.07, 6.45) is 28.5. The smallest absolute Gasteiger partial charge is 0.313 e. The first-order chi connectivity index (χ1) is 16.1. The van der Waals surface area contributed by atoms with Crippen LogP contribution in [0.15, 0.2) is 0 Å². The van der Waals surface area contributed by atoms with Crippen molar-refractivity contribution in [3.8, 4) is 0 Å². The summed E-state index contributed by atoms with van der Waals surface area (Å²) in [5.41, 5.74) is 0. The summed E-state index contributed by atoms with van der Waals surface area (Å²) in [6, 6.07) is 0. The Kier molecular flexibility index (Phi) is 25.1. The van der Waals surface area contributed by atoms with Crippen molar-refractivity contribution >= 4 is 11.9 Å². The second-order valence-electron chi connectivity index (χ2n) is 10.6. The predicted octanol–water partition coefficient (Wildman–Crippen LogP) is 10.1. The van der Waals surface area contributed by atoms with Gasteiger partial charge in [0.2, 0.25) is 0 Å². The Labute approximate surface area is 207 Å². The summed E-state index contributed by atoms with van der Waals surface area (Å²) in [7, 11) is 0. The van der Waals surface area contributed by atoms with Crippen LogP contribution >= 0.6 is 0 Å². The molecule has 0 aromatic heterocycles. The molecule has 0 saturated heterocycles. The maximum atomic E-state index is 11.8. The van der Waals surface area contributed by atoms with Crippen molar-refractivity contribution in [1.29, 1.82) is 0 Å². The van der Waals surface area contributed by atoms with Crippen molar-refractivity contribution in [2.45, 2.75) is 175 Å². The zero-order chi connectivity index (χ0) is 24.4. The number of carbonyl (C=O) groups is 2. The van der Waals surface area contributed by atoms with Gasteiger partial charge in [0.05, 0.1) is 0 Å². The second kappa shape index (κ2) is 25.8. The summed E-state index contributed by atoms with van der Waals surface area (Å²) >= 11 is 0. The normalized spacial score (nSPS) is 11.3. The first-order valence-corrected chi connectivity index (χ1v) is 14.8. The van der Waals surface area contributed by atoms with E-state index in [4.69, 9.17) is 4.74 Å². The molecule has 0 radical (unpaired) electrons. The summed E-state index contributed by atoms with van der Waals surface area (Å²) in [4.78, 5) is 23.6. The van der Waals surface area contributed by atoms with Gasteiger partial charge in [0.25, 0.3) is 0 Å². The van der Waals surface area contributed by atoms with E-state index in [1.807, 2.05) is 0 Å². The van der Waals surface area contributed by atoms with Gasteiger partial charge in [-0.2, -0.15) is 0 Å². The van der Waals surface area contributed by atoms with Crippen molar-refractivity contribution in [3.63, 3.8) is 0 Å². The highest BCUT2D eigenvalue weighted by Crippen LogP contribution is 2.15. The van der Waals surface area contributed by atoms with E-state index in [0.29, 0.717) is 12.8 Å². The fourth-order valence-electron chi connectivity index (χ4n) is 4.40. The average Bonchev–Trinajstić information content (AvgIpc) is 2.78. The lowest BCUT2D eigenvalue weighted by atomic mass is 10.0. The van der Waals surface area contributed by atoms with Gasteiger partial charge < -0.3 is 4.74 Å². The molecule has 0 atom stereocenters. The molecule has 0 rings (SSSR count). The molecule has 0 amide bonds. The number of unbranched alkanes of at least 4 members (excludes halogenated alkanes) is 19. The zero-order valence-electron chi connectivity index (χ0n) is 22.8. The molecule has 0 fully saturated rings. The summed E-state index contributed by atoms with van der Waals surface area (Å²) in [5.74, 6) is 0.184. The molecule has 0 bridgehead atoms. The molecule has 196 valence electrons. The molecule has 0 N–H and O–H groups in total. The monoisotopic (exact) mass is 466 g/mol. The van der Waals surface area contributed by atoms with Gasteiger partial charge in [-0.15, -0.1) is 0 Å². The molecule has 0 saturated carbocycles. The van der Waals surface area contributed by atoms with Gasteiger partial charge in [0.1, 0.15) is 0 Å². The number of rotatable bonds is 25. The average molecular weight is 467 g/mol. The van der Waals surface area contributed by atoms with Crippen LogP contribution in [0, 0.1) is 5.92 Å². The Bertz CT molecular complexity index is 430. The van der Waals surface area contributed by atoms with Gasteiger partial charge in [0.15, 0.2) is 0 Å². The second-order valence-corrected chi connectivity index (χ2v) is 10.6. The molecule has 0 aromatic carbocycles. The van der Waals surface area contributed by atoms with Crippen LogP contribution in [0.5, 0.6) is 0 Å². The van der Waals surface area contributed by atoms with Crippen LogP contribution in [0.2, 0.25) is 0 Å². The quantitative estimate of drug-likeness (QED) is 0.0763. The first kappa shape index (κ1) is 32.1. The van der Waals surface area contributed by atoms with E-state index in [0.717, 1.165) is 31.6 Å². The lowest BCUT2D eigenvalue weighted by Gasteiger charge is -2.05. The number of hydrogen-bond acceptors (Lipinski definition) is 3. The molecule has 3 heteroatoms. The minimum absolute atomic E-state index is 0.329. The van der Waals surface area contributed by atoms with E-state index < -0.39 is 0 Å². The highest BCUT2D eigenvalue weighted by atomic mass is 16.6. The molecule has 0 aliphatic carbocycles. The molecular formula is C30H58O3. The van der Waals surface area contributed by atoms with Gasteiger partial charge in [-0.3, -0.25) is 9.59 Å². The Hall–Kier alpha value is -0.860. The molecule has 33 heavy (non-hydrogen) atoms. The van der Waals surface area contributed by atoms with Crippen LogP contribution in [0.4, 0.5) is 0 Å². The minimum Gasteiger partial charge on any atom is -0.393 e. The third-order valence-electron chi connectivity index (χ3n) is 6.62. The Morgan fingerprint density at radius 1 is 0.485 bits per heavy atom. The van der Waals surface area contributed by atoms with Gasteiger partial charge in [0, 0.05) is 12.8 Å². The lowest BCUT2D eigenvalue weighted by Crippen LogP contribution is -2.11. The molecule has 0 spiro atoms. The number of ether oxygens (including phenoxy) is 1. The van der Waals surface area contributed by atoms with Gasteiger partial charge in [-0.05, 0) is 18.8 Å². The van der Waals surface area contributed by atoms with Crippen molar-refractivity contribution in [2.75, 3.05) is 0 Å². The predicted molar refractivity (Wildman–Crippen MR) is 142 cm³/mol. The van der Waals surface area contributed by atoms with Crippen LogP contribution in [-0.2, 0) is 14.3 Å². The molecule has 0 heterocycles. The number of hydrogen-bond donors (Lipinski definition) is 0. The summed E-state index contributed by atoms with van der Waals surface area (Å²) in [5, 5.41) is 0. The number of esters is 2. The topological polar surface area (TPSA) is 43.4 Å². The van der Waals surface area contributed by atoms with Crippen molar-refractivity contribution in [1.82, 2.24) is 0 Å². The number of carbonyl (C=O) groups excluding carboxylic acids is 2. The van der Waals surface area contributed by atoms with Gasteiger partial charge >= 0.3 is 11.9 Å². The highest BCUT2D eigenvalue weighted by Gasteiger charge is 2.09. The van der Waals surface area contributed by atoms with E-state index in [1.165, 1.54) is 116 Å². The maximum Gasteiger partial charge on any atom is 0.313 e. The SMILES string of the molecule is CCCCCCCCCCCCCC(=O)OC(=O)CCCCCCCCCCCCC(C)C. The van der Waals surface area contributed by atoms with E-state index in [2.05, 4.69) is 20.8 Å². The van der Waals surface area contributed by atoms with E-state index in [1.54, 1.807) is 0 Å².